The number of piperidine rings is 1. The van der Waals surface area contributed by atoms with E-state index in [9.17, 15) is 4.79 Å². The van der Waals surface area contributed by atoms with Gasteiger partial charge in [0.15, 0.2) is 11.5 Å². The third-order valence-corrected chi connectivity index (χ3v) is 3.63. The first-order valence-electron chi connectivity index (χ1n) is 7.33. The Morgan fingerprint density at radius 1 is 1.29 bits per heavy atom. The molecule has 2 heterocycles. The van der Waals surface area contributed by atoms with E-state index in [0.29, 0.717) is 30.2 Å². The minimum absolute atomic E-state index is 0.0530. The summed E-state index contributed by atoms with van der Waals surface area (Å²) in [6.07, 6.45) is 2.68. The lowest BCUT2D eigenvalue weighted by molar-refractivity contribution is -0.117. The van der Waals surface area contributed by atoms with Crippen LogP contribution in [-0.2, 0) is 9.53 Å². The molecular weight excluding hydrogens is 272 g/mol. The highest BCUT2D eigenvalue weighted by Crippen LogP contribution is 2.34. The summed E-state index contributed by atoms with van der Waals surface area (Å²) in [5.74, 6) is 1.32. The summed E-state index contributed by atoms with van der Waals surface area (Å²) in [5.41, 5.74) is 0.714. The van der Waals surface area contributed by atoms with E-state index >= 15 is 0 Å². The zero-order valence-corrected chi connectivity index (χ0v) is 11.9. The van der Waals surface area contributed by atoms with Crippen LogP contribution in [0.25, 0.3) is 0 Å². The molecule has 1 fully saturated rings. The van der Waals surface area contributed by atoms with Crippen molar-refractivity contribution in [2.45, 2.75) is 25.4 Å². The Bertz CT molecular complexity index is 500. The van der Waals surface area contributed by atoms with E-state index in [4.69, 9.17) is 14.2 Å². The van der Waals surface area contributed by atoms with Gasteiger partial charge in [0, 0.05) is 11.8 Å². The second-order valence-electron chi connectivity index (χ2n) is 5.19. The van der Waals surface area contributed by atoms with Gasteiger partial charge >= 0.3 is 0 Å². The lowest BCUT2D eigenvalue weighted by Gasteiger charge is -2.22. The number of amides is 1. The van der Waals surface area contributed by atoms with Gasteiger partial charge in [-0.2, -0.15) is 0 Å². The van der Waals surface area contributed by atoms with Gasteiger partial charge in [0.05, 0.1) is 19.1 Å². The minimum Gasteiger partial charge on any atom is -0.454 e. The molecular formula is C15H20N2O4. The fraction of sp³-hybridized carbons (Fsp3) is 0.533. The average Bonchev–Trinajstić information content (AvgIpc) is 2.96. The molecule has 114 valence electrons. The van der Waals surface area contributed by atoms with E-state index in [1.54, 1.807) is 18.2 Å². The predicted molar refractivity (Wildman–Crippen MR) is 77.7 cm³/mol. The smallest absolute Gasteiger partial charge is 0.231 e. The van der Waals surface area contributed by atoms with Crippen LogP contribution in [0.1, 0.15) is 19.3 Å². The van der Waals surface area contributed by atoms with Crippen LogP contribution in [0.2, 0.25) is 0 Å². The molecule has 1 aromatic rings. The van der Waals surface area contributed by atoms with Gasteiger partial charge in [0.2, 0.25) is 12.7 Å². The largest absolute Gasteiger partial charge is 0.454 e. The summed E-state index contributed by atoms with van der Waals surface area (Å²) in [6.45, 7) is 2.68. The Kier molecular flexibility index (Phi) is 4.57. The van der Waals surface area contributed by atoms with E-state index in [2.05, 4.69) is 10.6 Å². The summed E-state index contributed by atoms with van der Waals surface area (Å²) >= 11 is 0. The number of carbonyl (C=O) groups excluding carboxylic acids is 1. The van der Waals surface area contributed by atoms with Crippen molar-refractivity contribution in [1.29, 1.82) is 0 Å². The molecule has 2 aliphatic heterocycles. The number of benzene rings is 1. The molecule has 21 heavy (non-hydrogen) atoms. The number of hydrogen-bond acceptors (Lipinski definition) is 5. The maximum absolute atomic E-state index is 11.9. The van der Waals surface area contributed by atoms with Crippen LogP contribution in [0.5, 0.6) is 11.5 Å². The Morgan fingerprint density at radius 2 is 2.10 bits per heavy atom. The first-order valence-corrected chi connectivity index (χ1v) is 7.33. The SMILES string of the molecule is O=C(CCOC1CCNCC1)Nc1ccc2c(c1)OCO2. The van der Waals surface area contributed by atoms with E-state index < -0.39 is 0 Å². The van der Waals surface area contributed by atoms with Crippen LogP contribution >= 0.6 is 0 Å². The molecule has 0 atom stereocenters. The highest BCUT2D eigenvalue weighted by Gasteiger charge is 2.15. The molecule has 0 unspecified atom stereocenters. The molecule has 6 heteroatoms. The van der Waals surface area contributed by atoms with Gasteiger partial charge in [-0.3, -0.25) is 4.79 Å². The van der Waals surface area contributed by atoms with Gasteiger partial charge in [-0.05, 0) is 38.1 Å². The van der Waals surface area contributed by atoms with Crippen molar-refractivity contribution in [3.05, 3.63) is 18.2 Å². The second kappa shape index (κ2) is 6.78. The van der Waals surface area contributed by atoms with Gasteiger partial charge in [-0.25, -0.2) is 0 Å². The van der Waals surface area contributed by atoms with Gasteiger partial charge in [-0.15, -0.1) is 0 Å². The van der Waals surface area contributed by atoms with Crippen LogP contribution in [0.4, 0.5) is 5.69 Å². The third kappa shape index (κ3) is 3.86. The molecule has 3 rings (SSSR count). The quantitative estimate of drug-likeness (QED) is 0.861. The van der Waals surface area contributed by atoms with Crippen molar-refractivity contribution in [2.24, 2.45) is 0 Å². The van der Waals surface area contributed by atoms with Gasteiger partial charge < -0.3 is 24.8 Å². The van der Waals surface area contributed by atoms with Crippen LogP contribution in [0.3, 0.4) is 0 Å². The lowest BCUT2D eigenvalue weighted by Crippen LogP contribution is -2.33. The van der Waals surface area contributed by atoms with Gasteiger partial charge in [-0.1, -0.05) is 0 Å². The molecule has 6 nitrogen and oxygen atoms in total. The minimum atomic E-state index is -0.0530. The van der Waals surface area contributed by atoms with Crippen LogP contribution < -0.4 is 20.1 Å². The van der Waals surface area contributed by atoms with E-state index in [-0.39, 0.29) is 18.8 Å². The highest BCUT2D eigenvalue weighted by molar-refractivity contribution is 5.91. The maximum Gasteiger partial charge on any atom is 0.231 e. The summed E-state index contributed by atoms with van der Waals surface area (Å²) in [7, 11) is 0. The number of anilines is 1. The molecule has 0 bridgehead atoms. The van der Waals surface area contributed by atoms with Crippen molar-refractivity contribution in [3.63, 3.8) is 0 Å². The molecule has 0 aliphatic carbocycles. The predicted octanol–water partition coefficient (Wildman–Crippen LogP) is 1.51. The maximum atomic E-state index is 11.9. The van der Waals surface area contributed by atoms with E-state index in [1.807, 2.05) is 0 Å². The zero-order valence-electron chi connectivity index (χ0n) is 11.9. The Labute approximate surface area is 123 Å². The van der Waals surface area contributed by atoms with Crippen LogP contribution in [-0.4, -0.2) is 38.5 Å². The van der Waals surface area contributed by atoms with Gasteiger partial charge in [0.1, 0.15) is 0 Å². The summed E-state index contributed by atoms with van der Waals surface area (Å²) in [4.78, 5) is 11.9. The normalized spacial score (nSPS) is 17.7. The van der Waals surface area contributed by atoms with Crippen molar-refractivity contribution < 1.29 is 19.0 Å². The van der Waals surface area contributed by atoms with Crippen molar-refractivity contribution in [3.8, 4) is 11.5 Å². The zero-order chi connectivity index (χ0) is 14.5. The monoisotopic (exact) mass is 292 g/mol. The summed E-state index contributed by atoms with van der Waals surface area (Å²) < 4.78 is 16.2. The fourth-order valence-electron chi connectivity index (χ4n) is 2.48. The molecule has 1 saturated heterocycles. The number of carbonyl (C=O) groups is 1. The lowest BCUT2D eigenvalue weighted by atomic mass is 10.1. The Hall–Kier alpha value is -1.79. The van der Waals surface area contributed by atoms with E-state index in [1.165, 1.54) is 0 Å². The molecule has 2 N–H and O–H groups in total. The highest BCUT2D eigenvalue weighted by atomic mass is 16.7. The standard InChI is InChI=1S/C15H20N2O4/c18-15(5-8-19-12-3-6-16-7-4-12)17-11-1-2-13-14(9-11)21-10-20-13/h1-2,9,12,16H,3-8,10H2,(H,17,18). The average molecular weight is 292 g/mol. The fourth-order valence-corrected chi connectivity index (χ4v) is 2.48. The molecule has 0 radical (unpaired) electrons. The third-order valence-electron chi connectivity index (χ3n) is 3.63. The molecule has 0 aromatic heterocycles. The first kappa shape index (κ1) is 14.2. The van der Waals surface area contributed by atoms with Crippen molar-refractivity contribution >= 4 is 11.6 Å². The van der Waals surface area contributed by atoms with E-state index in [0.717, 1.165) is 25.9 Å². The number of hydrogen-bond donors (Lipinski definition) is 2. The summed E-state index contributed by atoms with van der Waals surface area (Å²) in [5, 5.41) is 6.13. The number of fused-ring (bicyclic) bond motifs is 1. The molecule has 1 amide bonds. The number of rotatable bonds is 5. The molecule has 1 aromatic carbocycles. The van der Waals surface area contributed by atoms with Crippen LogP contribution in [0.15, 0.2) is 18.2 Å². The Morgan fingerprint density at radius 3 is 2.95 bits per heavy atom. The van der Waals surface area contributed by atoms with Gasteiger partial charge in [0.25, 0.3) is 0 Å². The molecule has 0 saturated carbocycles. The molecule has 0 spiro atoms. The summed E-state index contributed by atoms with van der Waals surface area (Å²) in [6, 6.07) is 5.37. The topological polar surface area (TPSA) is 68.8 Å². The van der Waals surface area contributed by atoms with Crippen molar-refractivity contribution in [2.75, 3.05) is 31.8 Å². The van der Waals surface area contributed by atoms with Crippen LogP contribution in [0, 0.1) is 0 Å². The Balaban J connectivity index is 1.41. The second-order valence-corrected chi connectivity index (χ2v) is 5.19. The van der Waals surface area contributed by atoms with Crippen molar-refractivity contribution in [1.82, 2.24) is 5.32 Å². The first-order chi connectivity index (χ1) is 10.3. The number of nitrogens with one attached hydrogen (secondary N) is 2. The molecule has 2 aliphatic rings. The number of ether oxygens (including phenoxy) is 3.